The highest BCUT2D eigenvalue weighted by atomic mass is 16.5. The molecular weight excluding hydrogens is 270 g/mol. The van der Waals surface area contributed by atoms with Crippen LogP contribution in [0.5, 0.6) is 0 Å². The molecule has 1 aliphatic rings. The first-order chi connectivity index (χ1) is 10.4. The third-order valence-electron chi connectivity index (χ3n) is 3.39. The lowest BCUT2D eigenvalue weighted by Gasteiger charge is -2.26. The molecule has 0 bridgehead atoms. The van der Waals surface area contributed by atoms with Crippen LogP contribution in [-0.2, 0) is 16.0 Å². The average Bonchev–Trinajstić information content (AvgIpc) is 3.03. The number of aldehydes is 1. The van der Waals surface area contributed by atoms with E-state index >= 15 is 0 Å². The van der Waals surface area contributed by atoms with Crippen LogP contribution in [-0.4, -0.2) is 42.6 Å². The zero-order valence-electron chi connectivity index (χ0n) is 11.7. The van der Waals surface area contributed by atoms with Gasteiger partial charge in [-0.3, -0.25) is 0 Å². The number of rotatable bonds is 5. The zero-order valence-corrected chi connectivity index (χ0v) is 11.7. The van der Waals surface area contributed by atoms with Crippen LogP contribution in [0.2, 0.25) is 0 Å². The summed E-state index contributed by atoms with van der Waals surface area (Å²) < 4.78 is 11.0. The minimum Gasteiger partial charge on any atom is -0.461 e. The van der Waals surface area contributed by atoms with Crippen LogP contribution in [0.1, 0.15) is 12.2 Å². The van der Waals surface area contributed by atoms with Crippen molar-refractivity contribution in [2.75, 3.05) is 31.2 Å². The molecule has 0 unspecified atom stereocenters. The van der Waals surface area contributed by atoms with Crippen molar-refractivity contribution in [2.45, 2.75) is 12.8 Å². The predicted octanol–water partition coefficient (Wildman–Crippen LogP) is 1.70. The van der Waals surface area contributed by atoms with E-state index < -0.39 is 0 Å². The largest absolute Gasteiger partial charge is 0.461 e. The van der Waals surface area contributed by atoms with Gasteiger partial charge in [-0.2, -0.15) is 0 Å². The lowest BCUT2D eigenvalue weighted by atomic mass is 10.2. The van der Waals surface area contributed by atoms with E-state index in [4.69, 9.17) is 9.15 Å². The summed E-state index contributed by atoms with van der Waals surface area (Å²) in [7, 11) is 0. The van der Waals surface area contributed by atoms with Crippen molar-refractivity contribution in [1.29, 1.82) is 0 Å². The van der Waals surface area contributed by atoms with E-state index in [2.05, 4.69) is 14.9 Å². The molecule has 21 heavy (non-hydrogen) atoms. The van der Waals surface area contributed by atoms with Crippen molar-refractivity contribution in [3.8, 4) is 11.3 Å². The minimum absolute atomic E-state index is 0.472. The Kier molecular flexibility index (Phi) is 4.25. The van der Waals surface area contributed by atoms with Gasteiger partial charge in [0.1, 0.15) is 17.8 Å². The first-order valence-electron chi connectivity index (χ1n) is 7.04. The summed E-state index contributed by atoms with van der Waals surface area (Å²) in [6.07, 6.45) is 5.51. The summed E-state index contributed by atoms with van der Waals surface area (Å²) in [6, 6.07) is 3.77. The van der Waals surface area contributed by atoms with Crippen LogP contribution >= 0.6 is 0 Å². The molecule has 3 rings (SSSR count). The number of aromatic nitrogens is 2. The summed E-state index contributed by atoms with van der Waals surface area (Å²) in [5, 5.41) is 0. The first kappa shape index (κ1) is 13.8. The molecule has 0 atom stereocenters. The molecule has 0 N–H and O–H groups in total. The molecule has 1 fully saturated rings. The number of hydrogen-bond acceptors (Lipinski definition) is 6. The highest BCUT2D eigenvalue weighted by molar-refractivity contribution is 5.56. The molecule has 0 radical (unpaired) electrons. The molecule has 2 aromatic rings. The fraction of sp³-hybridized carbons (Fsp3) is 0.400. The van der Waals surface area contributed by atoms with Gasteiger partial charge in [0, 0.05) is 38.3 Å². The Morgan fingerprint density at radius 1 is 1.19 bits per heavy atom. The molecule has 6 heteroatoms. The zero-order chi connectivity index (χ0) is 14.5. The Morgan fingerprint density at radius 3 is 2.67 bits per heavy atom. The third-order valence-corrected chi connectivity index (χ3v) is 3.39. The van der Waals surface area contributed by atoms with E-state index in [9.17, 15) is 4.79 Å². The smallest absolute Gasteiger partial charge is 0.225 e. The number of carbonyl (C=O) groups excluding carboxylic acids is 1. The number of furan rings is 1. The summed E-state index contributed by atoms with van der Waals surface area (Å²) in [6.45, 7) is 3.05. The molecule has 2 aromatic heterocycles. The summed E-state index contributed by atoms with van der Waals surface area (Å²) >= 11 is 0. The van der Waals surface area contributed by atoms with Gasteiger partial charge in [0.05, 0.1) is 18.8 Å². The topological polar surface area (TPSA) is 68.5 Å². The van der Waals surface area contributed by atoms with E-state index in [0.29, 0.717) is 26.1 Å². The molecule has 110 valence electrons. The maximum absolute atomic E-state index is 10.4. The normalized spacial score (nSPS) is 15.1. The van der Waals surface area contributed by atoms with Crippen LogP contribution in [0.25, 0.3) is 11.3 Å². The van der Waals surface area contributed by atoms with Crippen molar-refractivity contribution in [2.24, 2.45) is 0 Å². The summed E-state index contributed by atoms with van der Waals surface area (Å²) in [4.78, 5) is 21.3. The Hall–Kier alpha value is -2.21. The monoisotopic (exact) mass is 287 g/mol. The highest BCUT2D eigenvalue weighted by Gasteiger charge is 2.14. The quantitative estimate of drug-likeness (QED) is 0.780. The third kappa shape index (κ3) is 3.28. The van der Waals surface area contributed by atoms with Crippen LogP contribution in [0.3, 0.4) is 0 Å². The lowest BCUT2D eigenvalue weighted by Crippen LogP contribution is -2.37. The molecule has 0 spiro atoms. The number of aryl methyl sites for hydroxylation is 1. The SMILES string of the molecule is O=CCCc1ccc(-c2cnc(N3CCOCC3)nc2)o1. The molecule has 0 amide bonds. The van der Waals surface area contributed by atoms with Crippen LogP contribution < -0.4 is 4.90 Å². The van der Waals surface area contributed by atoms with Gasteiger partial charge in [0.15, 0.2) is 0 Å². The summed E-state index contributed by atoms with van der Waals surface area (Å²) in [5.41, 5.74) is 0.837. The molecule has 0 saturated carbocycles. The summed E-state index contributed by atoms with van der Waals surface area (Å²) in [5.74, 6) is 2.24. The molecule has 0 aliphatic carbocycles. The van der Waals surface area contributed by atoms with Crippen LogP contribution in [0, 0.1) is 0 Å². The van der Waals surface area contributed by atoms with Crippen molar-refractivity contribution >= 4 is 12.2 Å². The van der Waals surface area contributed by atoms with Crippen LogP contribution in [0.4, 0.5) is 5.95 Å². The first-order valence-corrected chi connectivity index (χ1v) is 7.04. The fourth-order valence-electron chi connectivity index (χ4n) is 2.24. The fourth-order valence-corrected chi connectivity index (χ4v) is 2.24. The lowest BCUT2D eigenvalue weighted by molar-refractivity contribution is -0.107. The van der Waals surface area contributed by atoms with Gasteiger partial charge in [0.2, 0.25) is 5.95 Å². The Bertz CT molecular complexity index is 588. The van der Waals surface area contributed by atoms with Gasteiger partial charge in [-0.15, -0.1) is 0 Å². The predicted molar refractivity (Wildman–Crippen MR) is 77.2 cm³/mol. The standard InChI is InChI=1S/C15H17N3O3/c19-7-1-2-13-3-4-14(21-13)12-10-16-15(17-11-12)18-5-8-20-9-6-18/h3-4,7,10-11H,1-2,5-6,8-9H2. The van der Waals surface area contributed by atoms with E-state index in [1.165, 1.54) is 0 Å². The number of carbonyl (C=O) groups is 1. The number of ether oxygens (including phenoxy) is 1. The number of hydrogen-bond donors (Lipinski definition) is 0. The van der Waals surface area contributed by atoms with Gasteiger partial charge >= 0.3 is 0 Å². The Labute approximate surface area is 122 Å². The molecule has 6 nitrogen and oxygen atoms in total. The Balaban J connectivity index is 1.71. The number of nitrogens with zero attached hydrogens (tertiary/aromatic N) is 3. The number of anilines is 1. The van der Waals surface area contributed by atoms with Crippen molar-refractivity contribution in [1.82, 2.24) is 9.97 Å². The van der Waals surface area contributed by atoms with Gasteiger partial charge in [0.25, 0.3) is 0 Å². The molecule has 3 heterocycles. The average molecular weight is 287 g/mol. The molecular formula is C15H17N3O3. The Morgan fingerprint density at radius 2 is 1.95 bits per heavy atom. The molecule has 0 aromatic carbocycles. The minimum atomic E-state index is 0.472. The van der Waals surface area contributed by atoms with E-state index in [1.54, 1.807) is 12.4 Å². The second kappa shape index (κ2) is 6.49. The van der Waals surface area contributed by atoms with Crippen molar-refractivity contribution < 1.29 is 13.9 Å². The van der Waals surface area contributed by atoms with Gasteiger partial charge in [-0.1, -0.05) is 0 Å². The maximum atomic E-state index is 10.4. The van der Waals surface area contributed by atoms with E-state index in [-0.39, 0.29) is 0 Å². The van der Waals surface area contributed by atoms with Crippen molar-refractivity contribution in [3.63, 3.8) is 0 Å². The second-order valence-electron chi connectivity index (χ2n) is 4.84. The maximum Gasteiger partial charge on any atom is 0.225 e. The van der Waals surface area contributed by atoms with Crippen molar-refractivity contribution in [3.05, 3.63) is 30.3 Å². The number of morpholine rings is 1. The molecule has 1 aliphatic heterocycles. The van der Waals surface area contributed by atoms with Gasteiger partial charge in [-0.25, -0.2) is 9.97 Å². The highest BCUT2D eigenvalue weighted by Crippen LogP contribution is 2.22. The second-order valence-corrected chi connectivity index (χ2v) is 4.84. The van der Waals surface area contributed by atoms with Gasteiger partial charge < -0.3 is 18.8 Å². The van der Waals surface area contributed by atoms with E-state index in [1.807, 2.05) is 12.1 Å². The van der Waals surface area contributed by atoms with E-state index in [0.717, 1.165) is 42.4 Å². The van der Waals surface area contributed by atoms with Gasteiger partial charge in [-0.05, 0) is 12.1 Å². The van der Waals surface area contributed by atoms with Crippen LogP contribution in [0.15, 0.2) is 28.9 Å². The molecule has 1 saturated heterocycles.